The van der Waals surface area contributed by atoms with Crippen LogP contribution in [0.1, 0.15) is 17.8 Å². The van der Waals surface area contributed by atoms with Crippen LogP contribution >= 0.6 is 0 Å². The molecule has 5 heteroatoms. The Balaban J connectivity index is 1.63. The van der Waals surface area contributed by atoms with Gasteiger partial charge in [0.15, 0.2) is 0 Å². The van der Waals surface area contributed by atoms with E-state index >= 15 is 0 Å². The third-order valence-electron chi connectivity index (χ3n) is 2.50. The Kier molecular flexibility index (Phi) is 5.77. The molecule has 0 radical (unpaired) electrons. The number of nitrogens with one attached hydrogen (secondary N) is 1. The quantitative estimate of drug-likeness (QED) is 0.689. The maximum Gasteiger partial charge on any atom is 0.407 e. The fourth-order valence-electron chi connectivity index (χ4n) is 1.51. The third-order valence-corrected chi connectivity index (χ3v) is 2.50. The van der Waals surface area contributed by atoms with Crippen LogP contribution < -0.4 is 5.32 Å². The molecule has 1 aromatic carbocycles. The number of rotatable bonds is 4. The van der Waals surface area contributed by atoms with E-state index in [1.807, 2.05) is 30.3 Å². The number of benzene rings is 1. The molecule has 0 aliphatic heterocycles. The van der Waals surface area contributed by atoms with Gasteiger partial charge < -0.3 is 10.1 Å². The number of aromatic nitrogens is 2. The lowest BCUT2D eigenvalue weighted by Gasteiger charge is -2.05. The summed E-state index contributed by atoms with van der Waals surface area (Å²) in [5, 5.41) is 2.63. The molecule has 0 aliphatic rings. The first kappa shape index (κ1) is 14.5. The van der Waals surface area contributed by atoms with Crippen molar-refractivity contribution in [1.29, 1.82) is 0 Å². The van der Waals surface area contributed by atoms with E-state index in [1.54, 1.807) is 18.5 Å². The first-order valence-corrected chi connectivity index (χ1v) is 6.55. The van der Waals surface area contributed by atoms with Crippen molar-refractivity contribution in [2.24, 2.45) is 0 Å². The van der Waals surface area contributed by atoms with E-state index in [4.69, 9.17) is 4.74 Å². The molecule has 5 nitrogen and oxygen atoms in total. The highest BCUT2D eigenvalue weighted by atomic mass is 16.5. The van der Waals surface area contributed by atoms with Gasteiger partial charge in [-0.25, -0.2) is 14.8 Å². The zero-order chi connectivity index (χ0) is 14.8. The first-order valence-electron chi connectivity index (χ1n) is 6.55. The Hall–Kier alpha value is -2.87. The SMILES string of the molecule is O=C(NCCC#Cc1ncccn1)OCc1ccccc1. The summed E-state index contributed by atoms with van der Waals surface area (Å²) in [5.74, 6) is 6.17. The highest BCUT2D eigenvalue weighted by molar-refractivity contribution is 5.67. The molecule has 1 N–H and O–H groups in total. The minimum atomic E-state index is -0.448. The Labute approximate surface area is 123 Å². The van der Waals surface area contributed by atoms with Crippen LogP contribution in [0.15, 0.2) is 48.8 Å². The molecular formula is C16H15N3O2. The van der Waals surface area contributed by atoms with Gasteiger partial charge in [0.05, 0.1) is 0 Å². The predicted molar refractivity (Wildman–Crippen MR) is 78.2 cm³/mol. The highest BCUT2D eigenvalue weighted by Crippen LogP contribution is 2.00. The van der Waals surface area contributed by atoms with Crippen LogP contribution in [0.5, 0.6) is 0 Å². The minimum absolute atomic E-state index is 0.260. The van der Waals surface area contributed by atoms with E-state index in [0.29, 0.717) is 18.8 Å². The van der Waals surface area contributed by atoms with Crippen molar-refractivity contribution in [1.82, 2.24) is 15.3 Å². The van der Waals surface area contributed by atoms with Crippen LogP contribution in [0.3, 0.4) is 0 Å². The molecule has 21 heavy (non-hydrogen) atoms. The molecule has 1 heterocycles. The van der Waals surface area contributed by atoms with Gasteiger partial charge in [-0.3, -0.25) is 0 Å². The van der Waals surface area contributed by atoms with Crippen LogP contribution in [0.4, 0.5) is 4.79 Å². The molecule has 0 spiro atoms. The number of carbonyl (C=O) groups is 1. The van der Waals surface area contributed by atoms with Gasteiger partial charge in [0.1, 0.15) is 6.61 Å². The van der Waals surface area contributed by atoms with Crippen LogP contribution in [-0.2, 0) is 11.3 Å². The van der Waals surface area contributed by atoms with Crippen molar-refractivity contribution in [3.63, 3.8) is 0 Å². The number of hydrogen-bond acceptors (Lipinski definition) is 4. The van der Waals surface area contributed by atoms with Gasteiger partial charge in [-0.15, -0.1) is 0 Å². The predicted octanol–water partition coefficient (Wildman–Crippen LogP) is 2.14. The lowest BCUT2D eigenvalue weighted by molar-refractivity contribution is 0.140. The summed E-state index contributed by atoms with van der Waals surface area (Å²) in [5.41, 5.74) is 0.952. The van der Waals surface area contributed by atoms with Gasteiger partial charge in [0.2, 0.25) is 5.82 Å². The van der Waals surface area contributed by atoms with E-state index in [1.165, 1.54) is 0 Å². The molecular weight excluding hydrogens is 266 g/mol. The van der Waals surface area contributed by atoms with E-state index in [9.17, 15) is 4.79 Å². The second-order valence-electron chi connectivity index (χ2n) is 4.11. The molecule has 0 atom stereocenters. The van der Waals surface area contributed by atoms with Crippen LogP contribution in [0.25, 0.3) is 0 Å². The molecule has 0 saturated heterocycles. The topological polar surface area (TPSA) is 64.1 Å². The molecule has 1 aromatic heterocycles. The number of hydrogen-bond donors (Lipinski definition) is 1. The fourth-order valence-corrected chi connectivity index (χ4v) is 1.51. The molecule has 0 fully saturated rings. The van der Waals surface area contributed by atoms with Gasteiger partial charge in [0, 0.05) is 25.4 Å². The number of carbonyl (C=O) groups excluding carboxylic acids is 1. The summed E-state index contributed by atoms with van der Waals surface area (Å²) in [6.45, 7) is 0.684. The average molecular weight is 281 g/mol. The fraction of sp³-hybridized carbons (Fsp3) is 0.188. The van der Waals surface area contributed by atoms with Crippen molar-refractivity contribution < 1.29 is 9.53 Å². The summed E-state index contributed by atoms with van der Waals surface area (Å²) in [4.78, 5) is 19.4. The van der Waals surface area contributed by atoms with Crippen molar-refractivity contribution in [3.8, 4) is 11.8 Å². The maximum absolute atomic E-state index is 11.4. The second-order valence-corrected chi connectivity index (χ2v) is 4.11. The minimum Gasteiger partial charge on any atom is -0.445 e. The third kappa shape index (κ3) is 5.74. The molecule has 0 bridgehead atoms. The van der Waals surface area contributed by atoms with E-state index < -0.39 is 6.09 Å². The highest BCUT2D eigenvalue weighted by Gasteiger charge is 2.00. The number of ether oxygens (including phenoxy) is 1. The summed E-state index contributed by atoms with van der Waals surface area (Å²) in [7, 11) is 0. The van der Waals surface area contributed by atoms with Gasteiger partial charge in [-0.2, -0.15) is 0 Å². The van der Waals surface area contributed by atoms with Gasteiger partial charge >= 0.3 is 6.09 Å². The summed E-state index contributed by atoms with van der Waals surface area (Å²) < 4.78 is 5.07. The lowest BCUT2D eigenvalue weighted by atomic mass is 10.2. The Bertz CT molecular complexity index is 618. The number of nitrogens with zero attached hydrogens (tertiary/aromatic N) is 2. The van der Waals surface area contributed by atoms with Crippen molar-refractivity contribution in [3.05, 3.63) is 60.2 Å². The molecule has 0 unspecified atom stereocenters. The van der Waals surface area contributed by atoms with E-state index in [2.05, 4.69) is 27.1 Å². The van der Waals surface area contributed by atoms with Gasteiger partial charge in [0.25, 0.3) is 0 Å². The summed E-state index contributed by atoms with van der Waals surface area (Å²) in [6.07, 6.45) is 3.34. The van der Waals surface area contributed by atoms with Crippen LogP contribution in [0.2, 0.25) is 0 Å². The zero-order valence-corrected chi connectivity index (χ0v) is 11.5. The lowest BCUT2D eigenvalue weighted by Crippen LogP contribution is -2.24. The maximum atomic E-state index is 11.4. The van der Waals surface area contributed by atoms with Crippen LogP contribution in [0, 0.1) is 11.8 Å². The zero-order valence-electron chi connectivity index (χ0n) is 11.5. The smallest absolute Gasteiger partial charge is 0.407 e. The molecule has 0 saturated carbocycles. The average Bonchev–Trinajstić information content (AvgIpc) is 2.54. The Morgan fingerprint density at radius 1 is 1.14 bits per heavy atom. The number of amides is 1. The summed E-state index contributed by atoms with van der Waals surface area (Å²) in [6, 6.07) is 11.3. The molecule has 106 valence electrons. The normalized spacial score (nSPS) is 9.33. The number of alkyl carbamates (subject to hydrolysis) is 1. The largest absolute Gasteiger partial charge is 0.445 e. The van der Waals surface area contributed by atoms with E-state index in [-0.39, 0.29) is 6.61 Å². The Morgan fingerprint density at radius 2 is 1.90 bits per heavy atom. The first-order chi connectivity index (χ1) is 10.3. The van der Waals surface area contributed by atoms with Crippen LogP contribution in [-0.4, -0.2) is 22.6 Å². The van der Waals surface area contributed by atoms with Crippen molar-refractivity contribution in [2.45, 2.75) is 13.0 Å². The Morgan fingerprint density at radius 3 is 2.67 bits per heavy atom. The molecule has 2 aromatic rings. The van der Waals surface area contributed by atoms with E-state index in [0.717, 1.165) is 5.56 Å². The van der Waals surface area contributed by atoms with Crippen molar-refractivity contribution >= 4 is 6.09 Å². The molecule has 0 aliphatic carbocycles. The van der Waals surface area contributed by atoms with Gasteiger partial charge in [-0.05, 0) is 17.6 Å². The molecule has 1 amide bonds. The standard InChI is InChI=1S/C16H15N3O2/c20-16(21-13-14-7-2-1-3-8-14)19-10-5-4-9-15-17-11-6-12-18-15/h1-3,6-8,11-12H,5,10,13H2,(H,19,20). The molecule has 2 rings (SSSR count). The second kappa shape index (κ2) is 8.33. The monoisotopic (exact) mass is 281 g/mol. The van der Waals surface area contributed by atoms with Gasteiger partial charge in [-0.1, -0.05) is 36.3 Å². The van der Waals surface area contributed by atoms with Crippen molar-refractivity contribution in [2.75, 3.05) is 6.54 Å². The summed E-state index contributed by atoms with van der Waals surface area (Å²) >= 11 is 0.